The number of hydrogen-bond acceptors (Lipinski definition) is 3. The van der Waals surface area contributed by atoms with Crippen LogP contribution in [-0.2, 0) is 0 Å². The van der Waals surface area contributed by atoms with E-state index in [1.165, 1.54) is 6.07 Å². The van der Waals surface area contributed by atoms with Crippen LogP contribution < -0.4 is 5.73 Å². The Bertz CT molecular complexity index is 395. The molecule has 0 saturated carbocycles. The molecule has 1 atom stereocenters. The van der Waals surface area contributed by atoms with Gasteiger partial charge in [0, 0.05) is 42.7 Å². The smallest absolute Gasteiger partial charge is 0.163 e. The van der Waals surface area contributed by atoms with Crippen LogP contribution in [0.15, 0.2) is 18.2 Å². The molecule has 5 heteroatoms. The lowest BCUT2D eigenvalue weighted by molar-refractivity contribution is 0.288. The summed E-state index contributed by atoms with van der Waals surface area (Å²) in [5.74, 6) is 0.657. The SMILES string of the molecule is NC(CCN1CCSCC1)c1cccc(F)c1F. The van der Waals surface area contributed by atoms with Crippen molar-refractivity contribution in [3.05, 3.63) is 35.4 Å². The first kappa shape index (κ1) is 13.8. The molecule has 1 aliphatic rings. The summed E-state index contributed by atoms with van der Waals surface area (Å²) in [4.78, 5) is 2.33. The molecule has 1 unspecified atom stereocenters. The minimum absolute atomic E-state index is 0.279. The Morgan fingerprint density at radius 3 is 2.72 bits per heavy atom. The molecule has 2 rings (SSSR count). The lowest BCUT2D eigenvalue weighted by atomic mass is 10.0. The summed E-state index contributed by atoms with van der Waals surface area (Å²) in [5, 5.41) is 0. The van der Waals surface area contributed by atoms with E-state index in [0.29, 0.717) is 6.42 Å². The quantitative estimate of drug-likeness (QED) is 0.912. The molecule has 1 aromatic rings. The molecular weight excluding hydrogens is 254 g/mol. The molecule has 1 saturated heterocycles. The molecule has 0 bridgehead atoms. The Balaban J connectivity index is 1.90. The maximum atomic E-state index is 13.5. The highest BCUT2D eigenvalue weighted by Crippen LogP contribution is 2.20. The molecule has 1 aliphatic heterocycles. The van der Waals surface area contributed by atoms with Crippen molar-refractivity contribution in [2.75, 3.05) is 31.1 Å². The first-order chi connectivity index (χ1) is 8.68. The Kier molecular flexibility index (Phi) is 4.97. The van der Waals surface area contributed by atoms with E-state index in [1.807, 2.05) is 11.8 Å². The van der Waals surface area contributed by atoms with Crippen LogP contribution >= 0.6 is 11.8 Å². The highest BCUT2D eigenvalue weighted by Gasteiger charge is 2.16. The van der Waals surface area contributed by atoms with Crippen molar-refractivity contribution in [2.45, 2.75) is 12.5 Å². The summed E-state index contributed by atoms with van der Waals surface area (Å²) < 4.78 is 26.6. The summed E-state index contributed by atoms with van der Waals surface area (Å²) in [6, 6.07) is 3.75. The monoisotopic (exact) mass is 272 g/mol. The second kappa shape index (κ2) is 6.50. The van der Waals surface area contributed by atoms with Crippen molar-refractivity contribution in [3.63, 3.8) is 0 Å². The summed E-state index contributed by atoms with van der Waals surface area (Å²) in [7, 11) is 0. The molecule has 1 heterocycles. The molecule has 0 aromatic heterocycles. The second-order valence-corrected chi connectivity index (χ2v) is 5.72. The summed E-state index contributed by atoms with van der Waals surface area (Å²) in [6.07, 6.45) is 0.658. The molecule has 0 spiro atoms. The van der Waals surface area contributed by atoms with Gasteiger partial charge >= 0.3 is 0 Å². The van der Waals surface area contributed by atoms with Crippen LogP contribution in [0, 0.1) is 11.6 Å². The van der Waals surface area contributed by atoms with Gasteiger partial charge < -0.3 is 10.6 Å². The fourth-order valence-electron chi connectivity index (χ4n) is 2.11. The van der Waals surface area contributed by atoms with Crippen LogP contribution in [0.25, 0.3) is 0 Å². The fraction of sp³-hybridized carbons (Fsp3) is 0.538. The van der Waals surface area contributed by atoms with Crippen LogP contribution in [0.2, 0.25) is 0 Å². The van der Waals surface area contributed by atoms with Gasteiger partial charge in [0.05, 0.1) is 0 Å². The minimum atomic E-state index is -0.822. The third kappa shape index (κ3) is 3.43. The van der Waals surface area contributed by atoms with Crippen molar-refractivity contribution in [3.8, 4) is 0 Å². The van der Waals surface area contributed by atoms with Gasteiger partial charge in [0.1, 0.15) is 0 Å². The average Bonchev–Trinajstić information content (AvgIpc) is 2.40. The van der Waals surface area contributed by atoms with E-state index in [9.17, 15) is 8.78 Å². The van der Waals surface area contributed by atoms with E-state index in [4.69, 9.17) is 5.73 Å². The van der Waals surface area contributed by atoms with Gasteiger partial charge in [0.15, 0.2) is 11.6 Å². The van der Waals surface area contributed by atoms with Gasteiger partial charge in [0.2, 0.25) is 0 Å². The van der Waals surface area contributed by atoms with Crippen LogP contribution in [0.4, 0.5) is 8.78 Å². The van der Waals surface area contributed by atoms with E-state index in [-0.39, 0.29) is 5.56 Å². The number of benzene rings is 1. The fourth-order valence-corrected chi connectivity index (χ4v) is 3.09. The average molecular weight is 272 g/mol. The van der Waals surface area contributed by atoms with Crippen molar-refractivity contribution < 1.29 is 8.78 Å². The van der Waals surface area contributed by atoms with E-state index in [2.05, 4.69) is 4.90 Å². The van der Waals surface area contributed by atoms with Crippen LogP contribution in [0.1, 0.15) is 18.0 Å². The first-order valence-electron chi connectivity index (χ1n) is 6.18. The topological polar surface area (TPSA) is 29.3 Å². The number of hydrogen-bond donors (Lipinski definition) is 1. The van der Waals surface area contributed by atoms with Crippen molar-refractivity contribution in [2.24, 2.45) is 5.73 Å². The van der Waals surface area contributed by atoms with Crippen LogP contribution in [0.3, 0.4) is 0 Å². The maximum Gasteiger partial charge on any atom is 0.163 e. The molecule has 2 nitrogen and oxygen atoms in total. The highest BCUT2D eigenvalue weighted by molar-refractivity contribution is 7.99. The number of nitrogens with two attached hydrogens (primary N) is 1. The summed E-state index contributed by atoms with van der Waals surface area (Å²) in [6.45, 7) is 2.96. The second-order valence-electron chi connectivity index (χ2n) is 4.49. The zero-order valence-electron chi connectivity index (χ0n) is 10.2. The van der Waals surface area contributed by atoms with Gasteiger partial charge in [-0.05, 0) is 12.5 Å². The predicted molar refractivity (Wildman–Crippen MR) is 71.7 cm³/mol. The van der Waals surface area contributed by atoms with E-state index in [1.54, 1.807) is 6.07 Å². The summed E-state index contributed by atoms with van der Waals surface area (Å²) >= 11 is 1.95. The molecule has 0 radical (unpaired) electrons. The van der Waals surface area contributed by atoms with Gasteiger partial charge in [-0.15, -0.1) is 0 Å². The Hall–Kier alpha value is -0.650. The third-order valence-corrected chi connectivity index (χ3v) is 4.18. The van der Waals surface area contributed by atoms with Crippen molar-refractivity contribution in [1.29, 1.82) is 0 Å². The lowest BCUT2D eigenvalue weighted by Crippen LogP contribution is -2.34. The number of halogens is 2. The van der Waals surface area contributed by atoms with Gasteiger partial charge in [-0.1, -0.05) is 12.1 Å². The van der Waals surface area contributed by atoms with Gasteiger partial charge in [-0.3, -0.25) is 0 Å². The number of rotatable bonds is 4. The third-order valence-electron chi connectivity index (χ3n) is 3.24. The lowest BCUT2D eigenvalue weighted by Gasteiger charge is -2.27. The molecule has 0 aliphatic carbocycles. The number of thioether (sulfide) groups is 1. The van der Waals surface area contributed by atoms with E-state index in [0.717, 1.165) is 37.2 Å². The molecule has 2 N–H and O–H groups in total. The molecule has 100 valence electrons. The van der Waals surface area contributed by atoms with Gasteiger partial charge in [0.25, 0.3) is 0 Å². The predicted octanol–water partition coefficient (Wildman–Crippen LogP) is 2.40. The Morgan fingerprint density at radius 2 is 2.00 bits per heavy atom. The van der Waals surface area contributed by atoms with Crippen LogP contribution in [0.5, 0.6) is 0 Å². The molecule has 0 amide bonds. The normalized spacial score (nSPS) is 18.8. The standard InChI is InChI=1S/C13H18F2N2S/c14-11-3-1-2-10(13(11)15)12(16)4-5-17-6-8-18-9-7-17/h1-3,12H,4-9,16H2. The summed E-state index contributed by atoms with van der Waals surface area (Å²) in [5.41, 5.74) is 6.22. The number of nitrogens with zero attached hydrogens (tertiary/aromatic N) is 1. The van der Waals surface area contributed by atoms with Gasteiger partial charge in [-0.25, -0.2) is 8.78 Å². The molecule has 1 fully saturated rings. The van der Waals surface area contributed by atoms with Crippen molar-refractivity contribution in [1.82, 2.24) is 4.90 Å². The largest absolute Gasteiger partial charge is 0.324 e. The zero-order valence-corrected chi connectivity index (χ0v) is 11.1. The van der Waals surface area contributed by atoms with Crippen LogP contribution in [-0.4, -0.2) is 36.0 Å². The van der Waals surface area contributed by atoms with Crippen molar-refractivity contribution >= 4 is 11.8 Å². The molecular formula is C13H18F2N2S. The zero-order chi connectivity index (χ0) is 13.0. The molecule has 1 aromatic carbocycles. The first-order valence-corrected chi connectivity index (χ1v) is 7.33. The van der Waals surface area contributed by atoms with E-state index >= 15 is 0 Å². The van der Waals surface area contributed by atoms with Gasteiger partial charge in [-0.2, -0.15) is 11.8 Å². The molecule has 18 heavy (non-hydrogen) atoms. The maximum absolute atomic E-state index is 13.5. The Morgan fingerprint density at radius 1 is 1.28 bits per heavy atom. The highest BCUT2D eigenvalue weighted by atomic mass is 32.2. The van der Waals surface area contributed by atoms with E-state index < -0.39 is 17.7 Å². The Labute approximate surface area is 111 Å². The minimum Gasteiger partial charge on any atom is -0.324 e.